The molecule has 0 aliphatic heterocycles. The molecule has 0 unspecified atom stereocenters. The molecule has 0 aromatic heterocycles. The predicted molar refractivity (Wildman–Crippen MR) is 138 cm³/mol. The van der Waals surface area contributed by atoms with E-state index in [1.807, 2.05) is 6.92 Å². The third-order valence-electron chi connectivity index (χ3n) is 4.78. The summed E-state index contributed by atoms with van der Waals surface area (Å²) in [6.07, 6.45) is 1.46. The summed E-state index contributed by atoms with van der Waals surface area (Å²) in [5, 5.41) is 7.30. The molecule has 188 valence electrons. The van der Waals surface area contributed by atoms with Crippen LogP contribution in [0.1, 0.15) is 22.8 Å². The van der Waals surface area contributed by atoms with Crippen LogP contribution in [0.15, 0.2) is 65.8 Å². The zero-order chi connectivity index (χ0) is 25.9. The molecule has 2 N–H and O–H groups in total. The van der Waals surface area contributed by atoms with E-state index in [2.05, 4.69) is 15.8 Å². The van der Waals surface area contributed by atoms with Gasteiger partial charge in [-0.1, -0.05) is 11.6 Å². The maximum atomic E-state index is 12.5. The van der Waals surface area contributed by atoms with Crippen molar-refractivity contribution in [3.8, 4) is 23.0 Å². The Morgan fingerprint density at radius 3 is 2.31 bits per heavy atom. The molecular formula is C26H26ClN3O6. The minimum atomic E-state index is -0.409. The molecule has 0 atom stereocenters. The van der Waals surface area contributed by atoms with Gasteiger partial charge in [0.2, 0.25) is 0 Å². The van der Waals surface area contributed by atoms with Crippen molar-refractivity contribution in [3.63, 3.8) is 0 Å². The number of methoxy groups -OCH3 is 2. The summed E-state index contributed by atoms with van der Waals surface area (Å²) < 4.78 is 21.7. The van der Waals surface area contributed by atoms with Crippen molar-refractivity contribution in [1.82, 2.24) is 5.43 Å². The Morgan fingerprint density at radius 2 is 1.61 bits per heavy atom. The summed E-state index contributed by atoms with van der Waals surface area (Å²) >= 11 is 5.85. The van der Waals surface area contributed by atoms with E-state index in [1.54, 1.807) is 60.7 Å². The molecule has 2 amide bonds. The van der Waals surface area contributed by atoms with Crippen LogP contribution in [0.25, 0.3) is 0 Å². The van der Waals surface area contributed by atoms with Crippen LogP contribution in [0.2, 0.25) is 5.02 Å². The Kier molecular flexibility index (Phi) is 9.53. The lowest BCUT2D eigenvalue weighted by atomic mass is 10.2. The Hall–Kier alpha value is -4.24. The van der Waals surface area contributed by atoms with Crippen molar-refractivity contribution < 1.29 is 28.5 Å². The number of halogens is 1. The van der Waals surface area contributed by atoms with E-state index in [0.717, 1.165) is 0 Å². The maximum Gasteiger partial charge on any atom is 0.271 e. The highest BCUT2D eigenvalue weighted by atomic mass is 35.5. The minimum Gasteiger partial charge on any atom is -0.493 e. The molecule has 0 saturated heterocycles. The van der Waals surface area contributed by atoms with E-state index in [-0.39, 0.29) is 12.5 Å². The number of ether oxygens (including phenoxy) is 4. The smallest absolute Gasteiger partial charge is 0.271 e. The fourth-order valence-corrected chi connectivity index (χ4v) is 3.20. The molecule has 3 aromatic carbocycles. The molecule has 0 aliphatic rings. The van der Waals surface area contributed by atoms with Gasteiger partial charge in [-0.15, -0.1) is 0 Å². The SMILES string of the molecule is CCOc1cc(C(=O)N/N=C/c2ccc(OCC(=O)Nc3ccc(Cl)cc3)c(OC)c2)ccc1OC. The molecule has 0 radical (unpaired) electrons. The van der Waals surface area contributed by atoms with Gasteiger partial charge in [-0.05, 0) is 73.2 Å². The minimum absolute atomic E-state index is 0.214. The number of benzene rings is 3. The van der Waals surface area contributed by atoms with E-state index in [0.29, 0.717) is 51.4 Å². The molecule has 0 heterocycles. The predicted octanol–water partition coefficient (Wildman–Crippen LogP) is 4.54. The van der Waals surface area contributed by atoms with E-state index in [4.69, 9.17) is 30.5 Å². The second-order valence-corrected chi connectivity index (χ2v) is 7.69. The monoisotopic (exact) mass is 511 g/mol. The molecule has 0 fully saturated rings. The first-order valence-electron chi connectivity index (χ1n) is 10.9. The number of hydrogen-bond acceptors (Lipinski definition) is 7. The summed E-state index contributed by atoms with van der Waals surface area (Å²) in [7, 11) is 3.01. The van der Waals surface area contributed by atoms with Crippen LogP contribution in [0.4, 0.5) is 5.69 Å². The van der Waals surface area contributed by atoms with Crippen molar-refractivity contribution in [2.45, 2.75) is 6.92 Å². The maximum absolute atomic E-state index is 12.5. The Bertz CT molecular complexity index is 1230. The normalized spacial score (nSPS) is 10.6. The fraction of sp³-hybridized carbons (Fsp3) is 0.192. The van der Waals surface area contributed by atoms with Crippen molar-refractivity contribution in [3.05, 3.63) is 76.8 Å². The highest BCUT2D eigenvalue weighted by Gasteiger charge is 2.11. The van der Waals surface area contributed by atoms with Crippen LogP contribution in [0.5, 0.6) is 23.0 Å². The molecule has 0 saturated carbocycles. The van der Waals surface area contributed by atoms with Crippen LogP contribution in [-0.2, 0) is 4.79 Å². The zero-order valence-electron chi connectivity index (χ0n) is 20.0. The van der Waals surface area contributed by atoms with Crippen LogP contribution in [0, 0.1) is 0 Å². The third-order valence-corrected chi connectivity index (χ3v) is 5.03. The van der Waals surface area contributed by atoms with Crippen LogP contribution in [0.3, 0.4) is 0 Å². The molecule has 10 heteroatoms. The fourth-order valence-electron chi connectivity index (χ4n) is 3.07. The molecule has 9 nitrogen and oxygen atoms in total. The van der Waals surface area contributed by atoms with Gasteiger partial charge in [-0.2, -0.15) is 5.10 Å². The van der Waals surface area contributed by atoms with Crippen molar-refractivity contribution in [2.24, 2.45) is 5.10 Å². The van der Waals surface area contributed by atoms with Gasteiger partial charge in [-0.25, -0.2) is 5.43 Å². The number of hydrazone groups is 1. The third kappa shape index (κ3) is 7.38. The number of hydrogen-bond donors (Lipinski definition) is 2. The van der Waals surface area contributed by atoms with E-state index in [1.165, 1.54) is 20.4 Å². The van der Waals surface area contributed by atoms with Crippen LogP contribution >= 0.6 is 11.6 Å². The number of carbonyl (C=O) groups is 2. The standard InChI is InChI=1S/C26H26ClN3O6/c1-4-35-24-14-18(6-12-21(24)33-2)26(32)30-28-15-17-5-11-22(23(13-17)34-3)36-16-25(31)29-20-9-7-19(27)8-10-20/h5-15H,4,16H2,1-3H3,(H,29,31)(H,30,32)/b28-15+. The van der Waals surface area contributed by atoms with Crippen LogP contribution in [-0.4, -0.2) is 45.5 Å². The van der Waals surface area contributed by atoms with Gasteiger partial charge in [0.1, 0.15) is 0 Å². The van der Waals surface area contributed by atoms with Gasteiger partial charge in [0.05, 0.1) is 27.0 Å². The number of carbonyl (C=O) groups excluding carboxylic acids is 2. The number of anilines is 1. The molecule has 0 aliphatic carbocycles. The number of amides is 2. The lowest BCUT2D eigenvalue weighted by Gasteiger charge is -2.11. The molecule has 0 bridgehead atoms. The first-order chi connectivity index (χ1) is 17.4. The van der Waals surface area contributed by atoms with Gasteiger partial charge in [0.25, 0.3) is 11.8 Å². The summed E-state index contributed by atoms with van der Waals surface area (Å²) in [6.45, 7) is 2.07. The lowest BCUT2D eigenvalue weighted by Crippen LogP contribution is -2.20. The largest absolute Gasteiger partial charge is 0.493 e. The van der Waals surface area contributed by atoms with Crippen molar-refractivity contribution in [2.75, 3.05) is 32.8 Å². The highest BCUT2D eigenvalue weighted by Crippen LogP contribution is 2.29. The van der Waals surface area contributed by atoms with Crippen molar-refractivity contribution in [1.29, 1.82) is 0 Å². The van der Waals surface area contributed by atoms with Crippen LogP contribution < -0.4 is 29.7 Å². The van der Waals surface area contributed by atoms with E-state index < -0.39 is 5.91 Å². The topological polar surface area (TPSA) is 107 Å². The summed E-state index contributed by atoms with van der Waals surface area (Å²) in [6, 6.07) is 16.6. The lowest BCUT2D eigenvalue weighted by molar-refractivity contribution is -0.118. The Labute approximate surface area is 214 Å². The highest BCUT2D eigenvalue weighted by molar-refractivity contribution is 6.30. The number of nitrogens with zero attached hydrogens (tertiary/aromatic N) is 1. The van der Waals surface area contributed by atoms with Gasteiger partial charge in [0.15, 0.2) is 29.6 Å². The molecule has 3 rings (SSSR count). The quantitative estimate of drug-likeness (QED) is 0.289. The molecule has 3 aromatic rings. The van der Waals surface area contributed by atoms with Gasteiger partial charge in [0, 0.05) is 16.3 Å². The molecule has 36 heavy (non-hydrogen) atoms. The van der Waals surface area contributed by atoms with Gasteiger partial charge < -0.3 is 24.3 Å². The van der Waals surface area contributed by atoms with Gasteiger partial charge >= 0.3 is 0 Å². The second kappa shape index (κ2) is 13.0. The second-order valence-electron chi connectivity index (χ2n) is 7.25. The first-order valence-corrected chi connectivity index (χ1v) is 11.3. The molecular weight excluding hydrogens is 486 g/mol. The molecule has 0 spiro atoms. The van der Waals surface area contributed by atoms with Gasteiger partial charge in [-0.3, -0.25) is 9.59 Å². The zero-order valence-corrected chi connectivity index (χ0v) is 20.8. The summed E-state index contributed by atoms with van der Waals surface area (Å²) in [4.78, 5) is 24.6. The first kappa shape index (κ1) is 26.4. The van der Waals surface area contributed by atoms with Crippen molar-refractivity contribution >= 4 is 35.3 Å². The average molecular weight is 512 g/mol. The van der Waals surface area contributed by atoms with E-state index in [9.17, 15) is 9.59 Å². The summed E-state index contributed by atoms with van der Waals surface area (Å²) in [5.74, 6) is 1.05. The number of rotatable bonds is 11. The Morgan fingerprint density at radius 1 is 0.889 bits per heavy atom. The Balaban J connectivity index is 1.58. The average Bonchev–Trinajstić information content (AvgIpc) is 2.89. The summed E-state index contributed by atoms with van der Waals surface area (Å²) in [5.41, 5.74) is 4.10. The van der Waals surface area contributed by atoms with E-state index >= 15 is 0 Å². The number of nitrogens with one attached hydrogen (secondary N) is 2.